The number of hydrogen-bond donors (Lipinski definition) is 4. The molecule has 8 nitrogen and oxygen atoms in total. The molecule has 0 aromatic heterocycles. The largest absolute Gasteiger partial charge is 0.393 e. The van der Waals surface area contributed by atoms with E-state index in [1.165, 1.54) is 6.92 Å². The molecular weight excluding hydrogens is 410 g/mol. The maximum Gasteiger partial charge on any atom is 0.226 e. The van der Waals surface area contributed by atoms with Crippen LogP contribution in [0.1, 0.15) is 79.6 Å². The number of nitrogens with one attached hydrogen (secondary N) is 2. The van der Waals surface area contributed by atoms with Crippen molar-refractivity contribution in [1.29, 1.82) is 0 Å². The number of aliphatic hydroxyl groups excluding tert-OH is 1. The Morgan fingerprint density at radius 2 is 1.69 bits per heavy atom. The number of hydrogen-bond acceptors (Lipinski definition) is 6. The van der Waals surface area contributed by atoms with Crippen LogP contribution in [-0.2, 0) is 19.2 Å². The molecule has 8 heteroatoms. The fourth-order valence-electron chi connectivity index (χ4n) is 4.27. The molecule has 0 heterocycles. The molecule has 1 rings (SSSR count). The first-order valence-corrected chi connectivity index (χ1v) is 12.0. The average Bonchev–Trinajstić information content (AvgIpc) is 2.69. The van der Waals surface area contributed by atoms with Crippen molar-refractivity contribution in [2.24, 2.45) is 29.4 Å². The molecular formula is C24H43N3O5. The van der Waals surface area contributed by atoms with E-state index in [9.17, 15) is 24.3 Å². The summed E-state index contributed by atoms with van der Waals surface area (Å²) in [5.41, 5.74) is 5.59. The van der Waals surface area contributed by atoms with Crippen molar-refractivity contribution in [1.82, 2.24) is 10.6 Å². The van der Waals surface area contributed by atoms with Gasteiger partial charge in [-0.3, -0.25) is 19.2 Å². The number of carbonyl (C=O) groups excluding carboxylic acids is 4. The first-order chi connectivity index (χ1) is 15.0. The summed E-state index contributed by atoms with van der Waals surface area (Å²) < 4.78 is 0. The van der Waals surface area contributed by atoms with Crippen molar-refractivity contribution in [2.75, 3.05) is 6.54 Å². The summed E-state index contributed by atoms with van der Waals surface area (Å²) in [5, 5.41) is 15.9. The lowest BCUT2D eigenvalue weighted by molar-refractivity contribution is -0.137. The van der Waals surface area contributed by atoms with Crippen LogP contribution in [0.4, 0.5) is 0 Å². The topological polar surface area (TPSA) is 139 Å². The zero-order chi connectivity index (χ0) is 24.4. The molecule has 0 aromatic carbocycles. The van der Waals surface area contributed by atoms with Gasteiger partial charge in [0.25, 0.3) is 0 Å². The standard InChI is InChI=1S/C24H43N3O5/c1-14(2)11-22(30)26-18-8-6-7-17(12-18)21(29)13-19(16(5)28)24(32)27-20(9-10-25)23(31)15(3)4/h14-20,28H,6-13,25H2,1-5H3,(H,26,30)(H,27,32)/t16-,17?,18?,19-,20-/m0/s1. The van der Waals surface area contributed by atoms with E-state index < -0.39 is 24.0 Å². The van der Waals surface area contributed by atoms with Gasteiger partial charge in [0.1, 0.15) is 5.78 Å². The van der Waals surface area contributed by atoms with Gasteiger partial charge in [0.2, 0.25) is 11.8 Å². The number of aliphatic hydroxyl groups is 1. The van der Waals surface area contributed by atoms with Crippen LogP contribution in [0.3, 0.4) is 0 Å². The first kappa shape index (κ1) is 28.2. The number of carbonyl (C=O) groups is 4. The Labute approximate surface area is 192 Å². The lowest BCUT2D eigenvalue weighted by Gasteiger charge is -2.30. The molecule has 2 amide bonds. The van der Waals surface area contributed by atoms with E-state index in [1.807, 2.05) is 13.8 Å². The van der Waals surface area contributed by atoms with Crippen LogP contribution in [0.25, 0.3) is 0 Å². The summed E-state index contributed by atoms with van der Waals surface area (Å²) in [6.45, 7) is 9.21. The van der Waals surface area contributed by atoms with E-state index in [1.54, 1.807) is 13.8 Å². The van der Waals surface area contributed by atoms with Crippen LogP contribution in [0.2, 0.25) is 0 Å². The van der Waals surface area contributed by atoms with Crippen LogP contribution in [0.5, 0.6) is 0 Å². The van der Waals surface area contributed by atoms with Gasteiger partial charge in [0.05, 0.1) is 18.1 Å². The van der Waals surface area contributed by atoms with Gasteiger partial charge in [-0.1, -0.05) is 34.1 Å². The average molecular weight is 454 g/mol. The van der Waals surface area contributed by atoms with E-state index in [0.29, 0.717) is 25.7 Å². The highest BCUT2D eigenvalue weighted by Gasteiger charge is 2.34. The van der Waals surface area contributed by atoms with Crippen LogP contribution in [-0.4, -0.2) is 53.2 Å². The van der Waals surface area contributed by atoms with Crippen molar-refractivity contribution in [2.45, 2.75) is 97.8 Å². The molecule has 5 N–H and O–H groups in total. The van der Waals surface area contributed by atoms with Crippen molar-refractivity contribution in [3.05, 3.63) is 0 Å². The Morgan fingerprint density at radius 3 is 2.22 bits per heavy atom. The maximum atomic E-state index is 13.0. The van der Waals surface area contributed by atoms with Crippen LogP contribution in [0.15, 0.2) is 0 Å². The Kier molecular flexibility index (Phi) is 12.1. The monoisotopic (exact) mass is 453 g/mol. The second-order valence-corrected chi connectivity index (χ2v) is 9.94. The van der Waals surface area contributed by atoms with Crippen LogP contribution >= 0.6 is 0 Å². The van der Waals surface area contributed by atoms with Crippen molar-refractivity contribution < 1.29 is 24.3 Å². The molecule has 1 aliphatic carbocycles. The summed E-state index contributed by atoms with van der Waals surface area (Å²) in [4.78, 5) is 50.3. The van der Waals surface area contributed by atoms with Crippen molar-refractivity contribution in [3.8, 4) is 0 Å². The Morgan fingerprint density at radius 1 is 1.03 bits per heavy atom. The number of amides is 2. The highest BCUT2D eigenvalue weighted by atomic mass is 16.3. The number of Topliss-reactive ketones (excluding diaryl/α,β-unsaturated/α-hetero) is 2. The summed E-state index contributed by atoms with van der Waals surface area (Å²) >= 11 is 0. The van der Waals surface area contributed by atoms with Crippen LogP contribution < -0.4 is 16.4 Å². The van der Waals surface area contributed by atoms with Gasteiger partial charge < -0.3 is 21.5 Å². The van der Waals surface area contributed by atoms with Gasteiger partial charge in [-0.25, -0.2) is 0 Å². The smallest absolute Gasteiger partial charge is 0.226 e. The molecule has 0 radical (unpaired) electrons. The Bertz CT molecular complexity index is 648. The molecule has 0 aliphatic heterocycles. The molecule has 32 heavy (non-hydrogen) atoms. The number of rotatable bonds is 13. The van der Waals surface area contributed by atoms with E-state index in [0.717, 1.165) is 12.8 Å². The predicted molar refractivity (Wildman–Crippen MR) is 124 cm³/mol. The molecule has 184 valence electrons. The summed E-state index contributed by atoms with van der Waals surface area (Å²) in [7, 11) is 0. The Balaban J connectivity index is 2.75. The van der Waals surface area contributed by atoms with E-state index in [-0.39, 0.29) is 54.2 Å². The minimum absolute atomic E-state index is 0.0000916. The molecule has 5 atom stereocenters. The van der Waals surface area contributed by atoms with Crippen molar-refractivity contribution in [3.63, 3.8) is 0 Å². The lowest BCUT2D eigenvalue weighted by Crippen LogP contribution is -2.48. The lowest BCUT2D eigenvalue weighted by atomic mass is 9.79. The highest BCUT2D eigenvalue weighted by Crippen LogP contribution is 2.28. The van der Waals surface area contributed by atoms with Gasteiger partial charge in [0.15, 0.2) is 5.78 Å². The molecule has 0 bridgehead atoms. The van der Waals surface area contributed by atoms with E-state index in [2.05, 4.69) is 10.6 Å². The Hall–Kier alpha value is -1.80. The third-order valence-electron chi connectivity index (χ3n) is 6.11. The van der Waals surface area contributed by atoms with Gasteiger partial charge in [-0.2, -0.15) is 0 Å². The van der Waals surface area contributed by atoms with Gasteiger partial charge in [-0.05, 0) is 45.1 Å². The molecule has 1 saturated carbocycles. The molecule has 2 unspecified atom stereocenters. The van der Waals surface area contributed by atoms with Crippen LogP contribution in [0, 0.1) is 23.7 Å². The summed E-state index contributed by atoms with van der Waals surface area (Å²) in [6.07, 6.45) is 2.58. The SMILES string of the molecule is CC(C)CC(=O)NC1CCCC(C(=O)C[C@H](C(=O)N[C@@H](CCN)C(=O)C(C)C)[C@H](C)O)C1. The molecule has 0 aromatic rings. The zero-order valence-electron chi connectivity index (χ0n) is 20.4. The quantitative estimate of drug-likeness (QED) is 0.335. The first-order valence-electron chi connectivity index (χ1n) is 12.0. The second-order valence-electron chi connectivity index (χ2n) is 9.94. The summed E-state index contributed by atoms with van der Waals surface area (Å²) in [6, 6.07) is -0.764. The minimum atomic E-state index is -1.03. The van der Waals surface area contributed by atoms with Gasteiger partial charge in [-0.15, -0.1) is 0 Å². The second kappa shape index (κ2) is 13.7. The summed E-state index contributed by atoms with van der Waals surface area (Å²) in [5.74, 6) is -1.88. The van der Waals surface area contributed by atoms with Gasteiger partial charge in [0, 0.05) is 30.7 Å². The molecule has 1 fully saturated rings. The third-order valence-corrected chi connectivity index (χ3v) is 6.11. The molecule has 1 aliphatic rings. The van der Waals surface area contributed by atoms with Gasteiger partial charge >= 0.3 is 0 Å². The number of nitrogens with two attached hydrogens (primary N) is 1. The number of ketones is 2. The predicted octanol–water partition coefficient (Wildman–Crippen LogP) is 1.72. The van der Waals surface area contributed by atoms with E-state index >= 15 is 0 Å². The third kappa shape index (κ3) is 9.36. The molecule has 0 spiro atoms. The fraction of sp³-hybridized carbons (Fsp3) is 0.833. The van der Waals surface area contributed by atoms with Crippen molar-refractivity contribution >= 4 is 23.4 Å². The molecule has 0 saturated heterocycles. The van der Waals surface area contributed by atoms with E-state index in [4.69, 9.17) is 5.73 Å². The zero-order valence-corrected chi connectivity index (χ0v) is 20.4. The fourth-order valence-corrected chi connectivity index (χ4v) is 4.27. The normalized spacial score (nSPS) is 21.7. The highest BCUT2D eigenvalue weighted by molar-refractivity contribution is 5.93. The minimum Gasteiger partial charge on any atom is -0.393 e. The maximum absolute atomic E-state index is 13.0.